The molecule has 0 aromatic heterocycles. The summed E-state index contributed by atoms with van der Waals surface area (Å²) in [5, 5.41) is 11.9. The summed E-state index contributed by atoms with van der Waals surface area (Å²) in [5.74, 6) is 2.18. The quantitative estimate of drug-likeness (QED) is 0.571. The average Bonchev–Trinajstić information content (AvgIpc) is 2.43. The molecule has 0 heterocycles. The number of carbonyl (C=O) groups excluding carboxylic acids is 2. The van der Waals surface area contributed by atoms with Crippen LogP contribution in [-0.4, -0.2) is 29.6 Å². The van der Waals surface area contributed by atoms with Crippen LogP contribution < -0.4 is 5.32 Å². The number of allylic oxidation sites excluding steroid dienone is 1. The highest BCUT2D eigenvalue weighted by atomic mass is 16.3. The largest absolute Gasteiger partial charge is 0.396 e. The smallest absolute Gasteiger partial charge is 0.220 e. The number of unbranched alkanes of at least 4 members (excludes halogenated alkanes) is 1. The van der Waals surface area contributed by atoms with Crippen molar-refractivity contribution in [3.63, 3.8) is 0 Å². The third-order valence-corrected chi connectivity index (χ3v) is 3.62. The second-order valence-corrected chi connectivity index (χ2v) is 5.34. The molecule has 1 radical (unpaired) electrons. The standard InChI is InChI=1S/C16H28NO3/c1-4-5-10-16(20)17-14(3)15(9-7-12-19)13(2)8-6-11-18/h6,13-15,19H,3-5,7-10,12H2,1-2H3,(H,17,20). The van der Waals surface area contributed by atoms with Gasteiger partial charge >= 0.3 is 0 Å². The highest BCUT2D eigenvalue weighted by Crippen LogP contribution is 2.24. The van der Waals surface area contributed by atoms with Gasteiger partial charge in [0.25, 0.3) is 0 Å². The summed E-state index contributed by atoms with van der Waals surface area (Å²) >= 11 is 0. The van der Waals surface area contributed by atoms with Gasteiger partial charge in [-0.3, -0.25) is 4.79 Å². The van der Waals surface area contributed by atoms with Gasteiger partial charge in [-0.05, 0) is 44.4 Å². The summed E-state index contributed by atoms with van der Waals surface area (Å²) in [6.45, 7) is 8.25. The number of amides is 1. The minimum absolute atomic E-state index is 0.0268. The van der Waals surface area contributed by atoms with Crippen molar-refractivity contribution in [2.45, 2.75) is 58.4 Å². The van der Waals surface area contributed by atoms with Crippen LogP contribution in [0, 0.1) is 18.8 Å². The SMILES string of the molecule is [CH2]C(NC(=O)CCCC)C(CCCO)C(C)CC=C=O. The first kappa shape index (κ1) is 18.9. The van der Waals surface area contributed by atoms with Gasteiger partial charge in [0.05, 0.1) is 0 Å². The molecule has 0 rings (SSSR count). The van der Waals surface area contributed by atoms with Crippen molar-refractivity contribution in [2.75, 3.05) is 6.61 Å². The lowest BCUT2D eigenvalue weighted by molar-refractivity contribution is -0.122. The molecule has 20 heavy (non-hydrogen) atoms. The van der Waals surface area contributed by atoms with E-state index in [0.29, 0.717) is 19.3 Å². The van der Waals surface area contributed by atoms with Gasteiger partial charge in [-0.25, -0.2) is 4.79 Å². The molecular formula is C16H28NO3. The van der Waals surface area contributed by atoms with Crippen molar-refractivity contribution >= 4 is 11.8 Å². The van der Waals surface area contributed by atoms with Crippen molar-refractivity contribution in [3.8, 4) is 0 Å². The van der Waals surface area contributed by atoms with Crippen molar-refractivity contribution in [3.05, 3.63) is 13.0 Å². The van der Waals surface area contributed by atoms with Crippen LogP contribution in [0.1, 0.15) is 52.4 Å². The molecule has 3 unspecified atom stereocenters. The molecule has 0 fully saturated rings. The van der Waals surface area contributed by atoms with Crippen LogP contribution >= 0.6 is 0 Å². The molecule has 0 aliphatic rings. The van der Waals surface area contributed by atoms with E-state index in [1.807, 2.05) is 13.8 Å². The van der Waals surface area contributed by atoms with Crippen LogP contribution in [-0.2, 0) is 9.59 Å². The van der Waals surface area contributed by atoms with Gasteiger partial charge in [-0.1, -0.05) is 20.3 Å². The number of hydrogen-bond donors (Lipinski definition) is 2. The molecule has 4 heteroatoms. The minimum atomic E-state index is -0.194. The van der Waals surface area contributed by atoms with Gasteiger partial charge in [0.1, 0.15) is 5.94 Å². The third-order valence-electron chi connectivity index (χ3n) is 3.62. The number of nitrogens with one attached hydrogen (secondary N) is 1. The summed E-state index contributed by atoms with van der Waals surface area (Å²) in [6.07, 6.45) is 5.95. The number of carbonyl (C=O) groups is 1. The molecule has 0 aromatic rings. The maximum atomic E-state index is 11.8. The normalized spacial score (nSPS) is 15.0. The molecule has 0 bridgehead atoms. The minimum Gasteiger partial charge on any atom is -0.396 e. The average molecular weight is 282 g/mol. The highest BCUT2D eigenvalue weighted by molar-refractivity contribution is 5.76. The van der Waals surface area contributed by atoms with Crippen LogP contribution in [0.4, 0.5) is 0 Å². The summed E-state index contributed by atoms with van der Waals surface area (Å²) < 4.78 is 0. The third kappa shape index (κ3) is 8.13. The molecule has 0 saturated carbocycles. The molecule has 4 nitrogen and oxygen atoms in total. The van der Waals surface area contributed by atoms with Crippen LogP contribution in [0.2, 0.25) is 0 Å². The Morgan fingerprint density at radius 1 is 1.45 bits per heavy atom. The second kappa shape index (κ2) is 11.7. The van der Waals surface area contributed by atoms with E-state index in [0.717, 1.165) is 19.3 Å². The number of aliphatic hydroxyl groups is 1. The maximum absolute atomic E-state index is 11.8. The molecule has 0 spiro atoms. The molecular weight excluding hydrogens is 254 g/mol. The topological polar surface area (TPSA) is 66.4 Å². The molecule has 0 aliphatic heterocycles. The fourth-order valence-corrected chi connectivity index (χ4v) is 2.34. The number of aliphatic hydroxyl groups excluding tert-OH is 1. The molecule has 3 atom stereocenters. The molecule has 115 valence electrons. The summed E-state index contributed by atoms with van der Waals surface area (Å²) in [5.41, 5.74) is 0. The Labute approximate surface area is 122 Å². The van der Waals surface area contributed by atoms with Crippen LogP contribution in [0.15, 0.2) is 6.08 Å². The zero-order valence-corrected chi connectivity index (χ0v) is 12.7. The van der Waals surface area contributed by atoms with Gasteiger partial charge in [0.15, 0.2) is 0 Å². The van der Waals surface area contributed by atoms with Gasteiger partial charge in [0, 0.05) is 25.1 Å². The lowest BCUT2D eigenvalue weighted by atomic mass is 9.82. The van der Waals surface area contributed by atoms with E-state index >= 15 is 0 Å². The maximum Gasteiger partial charge on any atom is 0.220 e. The zero-order valence-electron chi connectivity index (χ0n) is 12.7. The van der Waals surface area contributed by atoms with E-state index in [2.05, 4.69) is 12.2 Å². The van der Waals surface area contributed by atoms with E-state index in [4.69, 9.17) is 5.11 Å². The Morgan fingerprint density at radius 2 is 2.15 bits per heavy atom. The Bertz CT molecular complexity index is 311. The monoisotopic (exact) mass is 282 g/mol. The molecule has 1 amide bonds. The van der Waals surface area contributed by atoms with Gasteiger partial charge < -0.3 is 10.4 Å². The summed E-state index contributed by atoms with van der Waals surface area (Å²) in [6, 6.07) is -0.194. The fraction of sp³-hybridized carbons (Fsp3) is 0.750. The molecule has 0 aliphatic carbocycles. The van der Waals surface area contributed by atoms with Crippen LogP contribution in [0.25, 0.3) is 0 Å². The van der Waals surface area contributed by atoms with Crippen LogP contribution in [0.5, 0.6) is 0 Å². The van der Waals surface area contributed by atoms with Crippen molar-refractivity contribution in [1.82, 2.24) is 5.32 Å². The van der Waals surface area contributed by atoms with Crippen molar-refractivity contribution in [2.24, 2.45) is 11.8 Å². The molecule has 0 saturated heterocycles. The first-order valence-corrected chi connectivity index (χ1v) is 7.49. The zero-order chi connectivity index (χ0) is 15.4. The predicted molar refractivity (Wildman–Crippen MR) is 80.7 cm³/mol. The Balaban J connectivity index is 4.49. The summed E-state index contributed by atoms with van der Waals surface area (Å²) in [7, 11) is 0. The van der Waals surface area contributed by atoms with E-state index in [1.165, 1.54) is 6.08 Å². The van der Waals surface area contributed by atoms with Gasteiger partial charge in [-0.2, -0.15) is 0 Å². The molecule has 0 aromatic carbocycles. The van der Waals surface area contributed by atoms with E-state index < -0.39 is 0 Å². The first-order chi connectivity index (χ1) is 9.56. The lowest BCUT2D eigenvalue weighted by Gasteiger charge is -2.29. The van der Waals surface area contributed by atoms with E-state index in [9.17, 15) is 9.59 Å². The Hall–Kier alpha value is -1.12. The first-order valence-electron chi connectivity index (χ1n) is 7.49. The van der Waals surface area contributed by atoms with Crippen molar-refractivity contribution in [1.29, 1.82) is 0 Å². The van der Waals surface area contributed by atoms with Gasteiger partial charge in [0.2, 0.25) is 5.91 Å². The predicted octanol–water partition coefficient (Wildman–Crippen LogP) is 2.30. The highest BCUT2D eigenvalue weighted by Gasteiger charge is 2.24. The Morgan fingerprint density at radius 3 is 2.70 bits per heavy atom. The number of hydrogen-bond acceptors (Lipinski definition) is 3. The summed E-state index contributed by atoms with van der Waals surface area (Å²) in [4.78, 5) is 22.1. The Kier molecular flexibility index (Phi) is 11.0. The molecule has 2 N–H and O–H groups in total. The second-order valence-electron chi connectivity index (χ2n) is 5.34. The van der Waals surface area contributed by atoms with Crippen molar-refractivity contribution < 1.29 is 14.7 Å². The van der Waals surface area contributed by atoms with Gasteiger partial charge in [-0.15, -0.1) is 0 Å². The number of rotatable bonds is 11. The fourth-order valence-electron chi connectivity index (χ4n) is 2.34. The van der Waals surface area contributed by atoms with Crippen LogP contribution in [0.3, 0.4) is 0 Å². The van der Waals surface area contributed by atoms with E-state index in [1.54, 1.807) is 5.94 Å². The lowest BCUT2D eigenvalue weighted by Crippen LogP contribution is -2.40. The van der Waals surface area contributed by atoms with E-state index in [-0.39, 0.29) is 30.4 Å².